The van der Waals surface area contributed by atoms with Gasteiger partial charge in [-0.1, -0.05) is 0 Å². The largest absolute Gasteiger partial charge is 0.323 e. The number of nitrogens with one attached hydrogen (secondary N) is 1. The maximum Gasteiger partial charge on any atom is 0.172 e. The predicted molar refractivity (Wildman–Crippen MR) is 90.5 cm³/mol. The molecule has 0 aliphatic rings. The normalized spacial score (nSPS) is 10.9. The molecular weight excluding hydrogens is 358 g/mol. The van der Waals surface area contributed by atoms with Gasteiger partial charge in [-0.15, -0.1) is 0 Å². The highest BCUT2D eigenvalue weighted by molar-refractivity contribution is 9.10. The molecule has 0 radical (unpaired) electrons. The van der Waals surface area contributed by atoms with Crippen LogP contribution in [0.1, 0.15) is 24.2 Å². The standard InChI is InChI=1S/C15H16BrN7/c1-10-9-13(23-15(18-10)14(16)11(2)20-23)19-12-5-8-22(21-12)7-4-3-6-17/h5,8-9H,3-4,7H2,1-2H3,(H,19,21). The molecule has 23 heavy (non-hydrogen) atoms. The summed E-state index contributed by atoms with van der Waals surface area (Å²) in [7, 11) is 0. The second kappa shape index (κ2) is 6.38. The third-order valence-electron chi connectivity index (χ3n) is 3.39. The highest BCUT2D eigenvalue weighted by Crippen LogP contribution is 2.25. The molecule has 3 rings (SSSR count). The summed E-state index contributed by atoms with van der Waals surface area (Å²) in [5, 5.41) is 20.8. The number of aromatic nitrogens is 5. The van der Waals surface area contributed by atoms with Gasteiger partial charge in [-0.25, -0.2) is 4.98 Å². The lowest BCUT2D eigenvalue weighted by molar-refractivity contribution is 0.587. The van der Waals surface area contributed by atoms with Crippen LogP contribution in [-0.4, -0.2) is 24.4 Å². The van der Waals surface area contributed by atoms with Crippen LogP contribution in [-0.2, 0) is 6.54 Å². The third kappa shape index (κ3) is 3.19. The van der Waals surface area contributed by atoms with E-state index in [2.05, 4.69) is 42.5 Å². The first-order valence-electron chi connectivity index (χ1n) is 7.28. The van der Waals surface area contributed by atoms with Gasteiger partial charge in [-0.2, -0.15) is 20.0 Å². The van der Waals surface area contributed by atoms with Gasteiger partial charge in [0.1, 0.15) is 5.82 Å². The summed E-state index contributed by atoms with van der Waals surface area (Å²) in [6, 6.07) is 5.97. The number of hydrogen-bond donors (Lipinski definition) is 1. The third-order valence-corrected chi connectivity index (χ3v) is 4.32. The zero-order valence-corrected chi connectivity index (χ0v) is 14.5. The molecule has 3 heterocycles. The molecule has 1 N–H and O–H groups in total. The monoisotopic (exact) mass is 373 g/mol. The van der Waals surface area contributed by atoms with Gasteiger partial charge in [0.15, 0.2) is 11.5 Å². The fourth-order valence-electron chi connectivity index (χ4n) is 2.31. The van der Waals surface area contributed by atoms with Crippen molar-refractivity contribution in [1.29, 1.82) is 5.26 Å². The number of nitriles is 1. The van der Waals surface area contributed by atoms with Crippen molar-refractivity contribution in [3.63, 3.8) is 0 Å². The van der Waals surface area contributed by atoms with Gasteiger partial charge in [0, 0.05) is 37.0 Å². The Morgan fingerprint density at radius 3 is 2.96 bits per heavy atom. The Kier molecular flexibility index (Phi) is 4.30. The quantitative estimate of drug-likeness (QED) is 0.693. The lowest BCUT2D eigenvalue weighted by atomic mass is 10.3. The van der Waals surface area contributed by atoms with Crippen molar-refractivity contribution in [3.8, 4) is 6.07 Å². The van der Waals surface area contributed by atoms with Gasteiger partial charge in [-0.05, 0) is 36.2 Å². The predicted octanol–water partition coefficient (Wildman–Crippen LogP) is 3.35. The van der Waals surface area contributed by atoms with E-state index in [1.54, 1.807) is 4.52 Å². The van der Waals surface area contributed by atoms with Crippen LogP contribution in [0.3, 0.4) is 0 Å². The van der Waals surface area contributed by atoms with E-state index < -0.39 is 0 Å². The Morgan fingerprint density at radius 1 is 1.35 bits per heavy atom. The second-order valence-electron chi connectivity index (χ2n) is 5.27. The SMILES string of the molecule is Cc1cc(Nc2ccn(CCCC#N)n2)n2nc(C)c(Br)c2n1. The fraction of sp³-hybridized carbons (Fsp3) is 0.333. The number of nitrogens with zero attached hydrogens (tertiary/aromatic N) is 6. The molecule has 0 unspecified atom stereocenters. The molecule has 0 amide bonds. The second-order valence-corrected chi connectivity index (χ2v) is 6.06. The molecule has 3 aromatic rings. The summed E-state index contributed by atoms with van der Waals surface area (Å²) in [4.78, 5) is 4.51. The number of anilines is 2. The van der Waals surface area contributed by atoms with Gasteiger partial charge in [0.25, 0.3) is 0 Å². The lowest BCUT2D eigenvalue weighted by Crippen LogP contribution is -2.04. The molecule has 0 spiro atoms. The molecule has 0 aliphatic carbocycles. The summed E-state index contributed by atoms with van der Waals surface area (Å²) in [6.07, 6.45) is 3.23. The highest BCUT2D eigenvalue weighted by atomic mass is 79.9. The molecular formula is C15H16BrN7. The van der Waals surface area contributed by atoms with E-state index >= 15 is 0 Å². The van der Waals surface area contributed by atoms with Crippen LogP contribution >= 0.6 is 15.9 Å². The van der Waals surface area contributed by atoms with Crippen molar-refractivity contribution in [2.24, 2.45) is 0 Å². The maximum absolute atomic E-state index is 8.58. The van der Waals surface area contributed by atoms with E-state index in [0.29, 0.717) is 6.42 Å². The first-order chi connectivity index (χ1) is 11.1. The highest BCUT2D eigenvalue weighted by Gasteiger charge is 2.13. The summed E-state index contributed by atoms with van der Waals surface area (Å²) in [5.41, 5.74) is 2.56. The van der Waals surface area contributed by atoms with Gasteiger partial charge in [-0.3, -0.25) is 4.68 Å². The Hall–Kier alpha value is -2.40. The first kappa shape index (κ1) is 15.5. The number of hydrogen-bond acceptors (Lipinski definition) is 5. The summed E-state index contributed by atoms with van der Waals surface area (Å²) in [6.45, 7) is 4.61. The Bertz CT molecular complexity index is 887. The van der Waals surface area contributed by atoms with Crippen LogP contribution in [0, 0.1) is 25.2 Å². The number of aryl methyl sites for hydroxylation is 3. The van der Waals surface area contributed by atoms with Gasteiger partial charge >= 0.3 is 0 Å². The summed E-state index contributed by atoms with van der Waals surface area (Å²) in [5.74, 6) is 1.54. The van der Waals surface area contributed by atoms with Crippen LogP contribution in [0.15, 0.2) is 22.8 Å². The van der Waals surface area contributed by atoms with E-state index in [9.17, 15) is 0 Å². The molecule has 0 saturated heterocycles. The summed E-state index contributed by atoms with van der Waals surface area (Å²) < 4.78 is 4.49. The minimum Gasteiger partial charge on any atom is -0.323 e. The van der Waals surface area contributed by atoms with E-state index in [1.165, 1.54) is 0 Å². The topological polar surface area (TPSA) is 83.8 Å². The molecule has 0 fully saturated rings. The van der Waals surface area contributed by atoms with E-state index in [4.69, 9.17) is 5.26 Å². The minimum atomic E-state index is 0.535. The van der Waals surface area contributed by atoms with E-state index in [1.807, 2.05) is 36.9 Å². The fourth-order valence-corrected chi connectivity index (χ4v) is 2.65. The first-order valence-corrected chi connectivity index (χ1v) is 8.07. The molecule has 0 saturated carbocycles. The van der Waals surface area contributed by atoms with Gasteiger partial charge in [0.2, 0.25) is 0 Å². The molecule has 8 heteroatoms. The van der Waals surface area contributed by atoms with Gasteiger partial charge < -0.3 is 5.32 Å². The van der Waals surface area contributed by atoms with Crippen LogP contribution in [0.4, 0.5) is 11.6 Å². The van der Waals surface area contributed by atoms with Crippen molar-refractivity contribution in [2.75, 3.05) is 5.32 Å². The molecule has 7 nitrogen and oxygen atoms in total. The average molecular weight is 374 g/mol. The Morgan fingerprint density at radius 2 is 2.17 bits per heavy atom. The molecule has 0 aliphatic heterocycles. The van der Waals surface area contributed by atoms with Crippen molar-refractivity contribution in [3.05, 3.63) is 34.2 Å². The van der Waals surface area contributed by atoms with Crippen molar-refractivity contribution in [1.82, 2.24) is 24.4 Å². The van der Waals surface area contributed by atoms with Crippen LogP contribution < -0.4 is 5.32 Å². The van der Waals surface area contributed by atoms with E-state index in [0.717, 1.165) is 46.1 Å². The van der Waals surface area contributed by atoms with Crippen LogP contribution in [0.25, 0.3) is 5.65 Å². The van der Waals surface area contributed by atoms with Crippen molar-refractivity contribution in [2.45, 2.75) is 33.2 Å². The number of fused-ring (bicyclic) bond motifs is 1. The maximum atomic E-state index is 8.58. The van der Waals surface area contributed by atoms with E-state index in [-0.39, 0.29) is 0 Å². The Balaban J connectivity index is 1.87. The molecule has 0 atom stereocenters. The van der Waals surface area contributed by atoms with Gasteiger partial charge in [0.05, 0.1) is 16.2 Å². The molecule has 118 valence electrons. The van der Waals surface area contributed by atoms with Crippen molar-refractivity contribution >= 4 is 33.2 Å². The number of halogens is 1. The zero-order valence-electron chi connectivity index (χ0n) is 12.9. The van der Waals surface area contributed by atoms with Crippen LogP contribution in [0.5, 0.6) is 0 Å². The molecule has 3 aromatic heterocycles. The lowest BCUT2D eigenvalue weighted by Gasteiger charge is -2.07. The van der Waals surface area contributed by atoms with Crippen molar-refractivity contribution < 1.29 is 0 Å². The molecule has 0 aromatic carbocycles. The Labute approximate surface area is 142 Å². The number of unbranched alkanes of at least 4 members (excludes halogenated alkanes) is 1. The molecule has 0 bridgehead atoms. The minimum absolute atomic E-state index is 0.535. The van der Waals surface area contributed by atoms with Crippen LogP contribution in [0.2, 0.25) is 0 Å². The smallest absolute Gasteiger partial charge is 0.172 e. The average Bonchev–Trinajstić information content (AvgIpc) is 3.07. The zero-order chi connectivity index (χ0) is 16.4. The number of rotatable bonds is 5. The summed E-state index contributed by atoms with van der Waals surface area (Å²) >= 11 is 3.52.